The molecule has 0 heterocycles. The monoisotopic (exact) mass is 188 g/mol. The summed E-state index contributed by atoms with van der Waals surface area (Å²) >= 11 is 0. The van der Waals surface area contributed by atoms with Gasteiger partial charge in [0.15, 0.2) is 0 Å². The first kappa shape index (κ1) is 10.4. The molecule has 0 spiro atoms. The van der Waals surface area contributed by atoms with Gasteiger partial charge in [0.1, 0.15) is 0 Å². The standard InChI is InChI=1S/C12H16N2/c1-4-13-9-11(3)14-12-8-6-5-7-10(12)2/h4-8,13-14H,1,3,9H2,2H3. The van der Waals surface area contributed by atoms with Gasteiger partial charge in [-0.15, -0.1) is 0 Å². The summed E-state index contributed by atoms with van der Waals surface area (Å²) in [5.74, 6) is 0. The van der Waals surface area contributed by atoms with E-state index in [1.165, 1.54) is 5.56 Å². The number of nitrogens with one attached hydrogen (secondary N) is 2. The van der Waals surface area contributed by atoms with Gasteiger partial charge in [-0.3, -0.25) is 0 Å². The van der Waals surface area contributed by atoms with Crippen molar-refractivity contribution in [1.29, 1.82) is 0 Å². The van der Waals surface area contributed by atoms with E-state index in [1.54, 1.807) is 6.20 Å². The normalized spacial score (nSPS) is 9.21. The fourth-order valence-electron chi connectivity index (χ4n) is 1.14. The molecule has 0 aliphatic rings. The molecule has 1 rings (SSSR count). The van der Waals surface area contributed by atoms with Crippen LogP contribution in [-0.2, 0) is 0 Å². The van der Waals surface area contributed by atoms with Crippen molar-refractivity contribution in [3.63, 3.8) is 0 Å². The number of benzene rings is 1. The van der Waals surface area contributed by atoms with E-state index in [0.717, 1.165) is 11.4 Å². The Hall–Kier alpha value is -1.70. The van der Waals surface area contributed by atoms with E-state index in [9.17, 15) is 0 Å². The van der Waals surface area contributed by atoms with Gasteiger partial charge in [0, 0.05) is 11.4 Å². The molecule has 0 aromatic heterocycles. The van der Waals surface area contributed by atoms with Crippen LogP contribution in [0.4, 0.5) is 5.69 Å². The predicted octanol–water partition coefficient (Wildman–Crippen LogP) is 2.65. The van der Waals surface area contributed by atoms with E-state index >= 15 is 0 Å². The van der Waals surface area contributed by atoms with Crippen molar-refractivity contribution in [2.45, 2.75) is 6.92 Å². The molecule has 2 heteroatoms. The summed E-state index contributed by atoms with van der Waals surface area (Å²) < 4.78 is 0. The third-order valence-electron chi connectivity index (χ3n) is 1.92. The van der Waals surface area contributed by atoms with Crippen LogP contribution in [0.3, 0.4) is 0 Å². The smallest absolute Gasteiger partial charge is 0.0539 e. The Balaban J connectivity index is 2.56. The fraction of sp³-hybridized carbons (Fsp3) is 0.167. The maximum Gasteiger partial charge on any atom is 0.0539 e. The molecular weight excluding hydrogens is 172 g/mol. The maximum atomic E-state index is 3.91. The van der Waals surface area contributed by atoms with Crippen LogP contribution in [0.15, 0.2) is 49.3 Å². The van der Waals surface area contributed by atoms with Crippen molar-refractivity contribution in [1.82, 2.24) is 5.32 Å². The predicted molar refractivity (Wildman–Crippen MR) is 62.1 cm³/mol. The molecule has 0 fully saturated rings. The molecule has 0 unspecified atom stereocenters. The second kappa shape index (κ2) is 5.12. The third kappa shape index (κ3) is 2.98. The Labute approximate surface area is 85.3 Å². The van der Waals surface area contributed by atoms with Crippen molar-refractivity contribution in [3.05, 3.63) is 54.9 Å². The molecule has 0 amide bonds. The third-order valence-corrected chi connectivity index (χ3v) is 1.92. The van der Waals surface area contributed by atoms with Gasteiger partial charge in [-0.2, -0.15) is 0 Å². The van der Waals surface area contributed by atoms with E-state index < -0.39 is 0 Å². The van der Waals surface area contributed by atoms with Gasteiger partial charge in [0.2, 0.25) is 0 Å². The van der Waals surface area contributed by atoms with E-state index in [-0.39, 0.29) is 0 Å². The highest BCUT2D eigenvalue weighted by Gasteiger charge is 1.96. The lowest BCUT2D eigenvalue weighted by atomic mass is 10.2. The molecular formula is C12H16N2. The van der Waals surface area contributed by atoms with E-state index in [1.807, 2.05) is 18.2 Å². The van der Waals surface area contributed by atoms with Crippen molar-refractivity contribution in [3.8, 4) is 0 Å². The molecule has 2 N–H and O–H groups in total. The van der Waals surface area contributed by atoms with Crippen molar-refractivity contribution in [2.24, 2.45) is 0 Å². The van der Waals surface area contributed by atoms with Crippen LogP contribution in [0.1, 0.15) is 5.56 Å². The maximum absolute atomic E-state index is 3.91. The largest absolute Gasteiger partial charge is 0.386 e. The van der Waals surface area contributed by atoms with Gasteiger partial charge in [0.05, 0.1) is 6.54 Å². The summed E-state index contributed by atoms with van der Waals surface area (Å²) in [5.41, 5.74) is 3.25. The van der Waals surface area contributed by atoms with Crippen molar-refractivity contribution < 1.29 is 0 Å². The van der Waals surface area contributed by atoms with Crippen LogP contribution in [0, 0.1) is 6.92 Å². The minimum Gasteiger partial charge on any atom is -0.386 e. The first-order chi connectivity index (χ1) is 6.74. The summed E-state index contributed by atoms with van der Waals surface area (Å²) in [6, 6.07) is 8.12. The second-order valence-electron chi connectivity index (χ2n) is 3.13. The van der Waals surface area contributed by atoms with E-state index in [2.05, 4.69) is 36.8 Å². The van der Waals surface area contributed by atoms with Crippen molar-refractivity contribution in [2.75, 3.05) is 11.9 Å². The van der Waals surface area contributed by atoms with E-state index in [4.69, 9.17) is 0 Å². The highest BCUT2D eigenvalue weighted by molar-refractivity contribution is 5.53. The molecule has 1 aromatic carbocycles. The zero-order valence-electron chi connectivity index (χ0n) is 8.51. The summed E-state index contributed by atoms with van der Waals surface area (Å²) in [4.78, 5) is 0. The molecule has 14 heavy (non-hydrogen) atoms. The lowest BCUT2D eigenvalue weighted by Gasteiger charge is -2.11. The molecule has 0 saturated carbocycles. The zero-order chi connectivity index (χ0) is 10.4. The van der Waals surface area contributed by atoms with E-state index in [0.29, 0.717) is 6.54 Å². The van der Waals surface area contributed by atoms with Crippen LogP contribution >= 0.6 is 0 Å². The zero-order valence-corrected chi connectivity index (χ0v) is 8.51. The molecule has 0 saturated heterocycles. The topological polar surface area (TPSA) is 24.1 Å². The molecule has 2 nitrogen and oxygen atoms in total. The summed E-state index contributed by atoms with van der Waals surface area (Å²) in [5, 5.41) is 6.23. The number of hydrogen-bond acceptors (Lipinski definition) is 2. The SMILES string of the molecule is C=CNCC(=C)Nc1ccccc1C. The van der Waals surface area contributed by atoms with Crippen LogP contribution in [-0.4, -0.2) is 6.54 Å². The summed E-state index contributed by atoms with van der Waals surface area (Å²) in [6.07, 6.45) is 1.66. The lowest BCUT2D eigenvalue weighted by Crippen LogP contribution is -2.14. The lowest BCUT2D eigenvalue weighted by molar-refractivity contribution is 0.946. The highest BCUT2D eigenvalue weighted by Crippen LogP contribution is 2.14. The van der Waals surface area contributed by atoms with Crippen LogP contribution < -0.4 is 10.6 Å². The number of anilines is 1. The average molecular weight is 188 g/mol. The minimum absolute atomic E-state index is 0.692. The van der Waals surface area contributed by atoms with Gasteiger partial charge in [-0.1, -0.05) is 31.4 Å². The van der Waals surface area contributed by atoms with Gasteiger partial charge < -0.3 is 10.6 Å². The second-order valence-corrected chi connectivity index (χ2v) is 3.13. The quantitative estimate of drug-likeness (QED) is 0.742. The molecule has 74 valence electrons. The first-order valence-electron chi connectivity index (χ1n) is 4.58. The number of aryl methyl sites for hydroxylation is 1. The summed E-state index contributed by atoms with van der Waals surface area (Å²) in [6.45, 7) is 10.2. The Bertz CT molecular complexity index is 329. The van der Waals surface area contributed by atoms with Crippen LogP contribution in [0.5, 0.6) is 0 Å². The first-order valence-corrected chi connectivity index (χ1v) is 4.58. The van der Waals surface area contributed by atoms with Crippen LogP contribution in [0.25, 0.3) is 0 Å². The molecule has 1 aromatic rings. The van der Waals surface area contributed by atoms with Gasteiger partial charge >= 0.3 is 0 Å². The van der Waals surface area contributed by atoms with Gasteiger partial charge in [-0.25, -0.2) is 0 Å². The van der Waals surface area contributed by atoms with Crippen LogP contribution in [0.2, 0.25) is 0 Å². The Kier molecular flexibility index (Phi) is 3.80. The number of rotatable bonds is 5. The number of para-hydroxylation sites is 1. The van der Waals surface area contributed by atoms with Gasteiger partial charge in [-0.05, 0) is 24.8 Å². The minimum atomic E-state index is 0.692. The van der Waals surface area contributed by atoms with Crippen molar-refractivity contribution >= 4 is 5.69 Å². The molecule has 0 atom stereocenters. The molecule has 0 aliphatic carbocycles. The average Bonchev–Trinajstić information content (AvgIpc) is 2.18. The van der Waals surface area contributed by atoms with Gasteiger partial charge in [0.25, 0.3) is 0 Å². The summed E-state index contributed by atoms with van der Waals surface area (Å²) in [7, 11) is 0. The fourth-order valence-corrected chi connectivity index (χ4v) is 1.14. The Morgan fingerprint density at radius 3 is 2.79 bits per heavy atom. The number of hydrogen-bond donors (Lipinski definition) is 2. The highest BCUT2D eigenvalue weighted by atomic mass is 14.9. The Morgan fingerprint density at radius 1 is 1.43 bits per heavy atom. The molecule has 0 aliphatic heterocycles. The Morgan fingerprint density at radius 2 is 2.14 bits per heavy atom. The molecule has 0 radical (unpaired) electrons. The molecule has 0 bridgehead atoms.